The maximum Gasteiger partial charge on any atom is 0.387 e. The molecule has 2 aromatic carbocycles. The van der Waals surface area contributed by atoms with Crippen molar-refractivity contribution >= 4 is 23.6 Å². The minimum atomic E-state index is -3.03. The van der Waals surface area contributed by atoms with Gasteiger partial charge in [0.2, 0.25) is 0 Å². The SMILES string of the molecule is O=C(COC(=O)C=Cc1ccccc1OC(F)F)Nc1c(F)cccc1F. The zero-order chi connectivity index (χ0) is 19.8. The van der Waals surface area contributed by atoms with E-state index < -0.39 is 42.4 Å². The fourth-order valence-corrected chi connectivity index (χ4v) is 1.96. The lowest BCUT2D eigenvalue weighted by atomic mass is 10.2. The van der Waals surface area contributed by atoms with Gasteiger partial charge in [-0.3, -0.25) is 4.79 Å². The van der Waals surface area contributed by atoms with Crippen molar-refractivity contribution in [3.05, 3.63) is 65.7 Å². The number of carbonyl (C=O) groups is 2. The summed E-state index contributed by atoms with van der Waals surface area (Å²) in [5.41, 5.74) is -0.472. The van der Waals surface area contributed by atoms with Crippen LogP contribution in [0.25, 0.3) is 6.08 Å². The molecule has 0 aliphatic heterocycles. The lowest BCUT2D eigenvalue weighted by Crippen LogP contribution is -2.21. The first-order valence-electron chi connectivity index (χ1n) is 7.49. The van der Waals surface area contributed by atoms with Crippen LogP contribution in [-0.2, 0) is 14.3 Å². The molecule has 2 rings (SSSR count). The molecule has 0 aliphatic rings. The summed E-state index contributed by atoms with van der Waals surface area (Å²) in [6.07, 6.45) is 2.05. The minimum absolute atomic E-state index is 0.149. The number of alkyl halides is 2. The summed E-state index contributed by atoms with van der Waals surface area (Å²) in [5.74, 6) is -4.03. The third-order valence-corrected chi connectivity index (χ3v) is 3.11. The standard InChI is InChI=1S/C18H13F4NO4/c19-12-5-3-6-13(20)17(12)23-15(24)10-26-16(25)9-8-11-4-1-2-7-14(11)27-18(21)22/h1-9,18H,10H2,(H,23,24). The van der Waals surface area contributed by atoms with Gasteiger partial charge in [0, 0.05) is 11.6 Å². The monoisotopic (exact) mass is 383 g/mol. The van der Waals surface area contributed by atoms with Crippen molar-refractivity contribution in [1.82, 2.24) is 0 Å². The highest BCUT2D eigenvalue weighted by atomic mass is 19.3. The van der Waals surface area contributed by atoms with Crippen LogP contribution in [0.1, 0.15) is 5.56 Å². The Morgan fingerprint density at radius 3 is 2.37 bits per heavy atom. The Hall–Kier alpha value is -3.36. The van der Waals surface area contributed by atoms with Gasteiger partial charge in [0.05, 0.1) is 0 Å². The quantitative estimate of drug-likeness (QED) is 0.449. The summed E-state index contributed by atoms with van der Waals surface area (Å²) < 4.78 is 60.4. The molecule has 5 nitrogen and oxygen atoms in total. The van der Waals surface area contributed by atoms with E-state index in [-0.39, 0.29) is 11.3 Å². The van der Waals surface area contributed by atoms with Crippen LogP contribution in [0.4, 0.5) is 23.2 Å². The number of carbonyl (C=O) groups excluding carboxylic acids is 2. The van der Waals surface area contributed by atoms with Crippen molar-refractivity contribution < 1.29 is 36.6 Å². The molecule has 0 aliphatic carbocycles. The van der Waals surface area contributed by atoms with Crippen LogP contribution < -0.4 is 10.1 Å². The maximum atomic E-state index is 13.4. The summed E-state index contributed by atoms with van der Waals surface area (Å²) in [6.45, 7) is -3.83. The number of para-hydroxylation sites is 2. The largest absolute Gasteiger partial charge is 0.452 e. The van der Waals surface area contributed by atoms with Crippen molar-refractivity contribution in [2.75, 3.05) is 11.9 Å². The van der Waals surface area contributed by atoms with E-state index in [1.807, 2.05) is 5.32 Å². The molecule has 2 aromatic rings. The lowest BCUT2D eigenvalue weighted by Gasteiger charge is -2.08. The second kappa shape index (κ2) is 9.37. The first-order chi connectivity index (χ1) is 12.9. The van der Waals surface area contributed by atoms with Gasteiger partial charge < -0.3 is 14.8 Å². The van der Waals surface area contributed by atoms with Gasteiger partial charge in [0.1, 0.15) is 23.1 Å². The molecule has 0 heterocycles. The third kappa shape index (κ3) is 6.14. The van der Waals surface area contributed by atoms with Crippen molar-refractivity contribution in [2.24, 2.45) is 0 Å². The van der Waals surface area contributed by atoms with Gasteiger partial charge in [0.25, 0.3) is 5.91 Å². The van der Waals surface area contributed by atoms with Crippen LogP contribution in [0.5, 0.6) is 5.75 Å². The van der Waals surface area contributed by atoms with E-state index in [4.69, 9.17) is 0 Å². The number of amides is 1. The van der Waals surface area contributed by atoms with Gasteiger partial charge in [-0.1, -0.05) is 24.3 Å². The van der Waals surface area contributed by atoms with Gasteiger partial charge in [-0.25, -0.2) is 13.6 Å². The molecule has 0 aromatic heterocycles. The van der Waals surface area contributed by atoms with E-state index in [1.165, 1.54) is 18.2 Å². The number of ether oxygens (including phenoxy) is 2. The molecular formula is C18H13F4NO4. The first-order valence-corrected chi connectivity index (χ1v) is 7.49. The van der Waals surface area contributed by atoms with Crippen LogP contribution in [0.3, 0.4) is 0 Å². The van der Waals surface area contributed by atoms with Crippen LogP contribution in [0.15, 0.2) is 48.5 Å². The molecule has 1 amide bonds. The minimum Gasteiger partial charge on any atom is -0.452 e. The van der Waals surface area contributed by atoms with Crippen LogP contribution >= 0.6 is 0 Å². The summed E-state index contributed by atoms with van der Waals surface area (Å²) in [6, 6.07) is 8.75. The number of halogens is 4. The maximum absolute atomic E-state index is 13.4. The summed E-state index contributed by atoms with van der Waals surface area (Å²) >= 11 is 0. The predicted octanol–water partition coefficient (Wildman–Crippen LogP) is 3.76. The van der Waals surface area contributed by atoms with E-state index in [2.05, 4.69) is 9.47 Å². The Balaban J connectivity index is 1.91. The number of esters is 1. The van der Waals surface area contributed by atoms with E-state index in [9.17, 15) is 27.2 Å². The molecule has 0 saturated carbocycles. The fraction of sp³-hybridized carbons (Fsp3) is 0.111. The molecule has 0 radical (unpaired) electrons. The Morgan fingerprint density at radius 2 is 1.70 bits per heavy atom. The molecular weight excluding hydrogens is 370 g/mol. The molecule has 1 N–H and O–H groups in total. The van der Waals surface area contributed by atoms with Crippen LogP contribution in [0, 0.1) is 11.6 Å². The molecule has 0 fully saturated rings. The second-order valence-corrected chi connectivity index (χ2v) is 5.00. The van der Waals surface area contributed by atoms with Crippen LogP contribution in [0.2, 0.25) is 0 Å². The third-order valence-electron chi connectivity index (χ3n) is 3.11. The summed E-state index contributed by atoms with van der Waals surface area (Å²) in [5, 5.41) is 1.94. The number of hydrogen-bond acceptors (Lipinski definition) is 4. The van der Waals surface area contributed by atoms with Crippen molar-refractivity contribution in [3.63, 3.8) is 0 Å². The Kier molecular flexibility index (Phi) is 6.93. The van der Waals surface area contributed by atoms with Gasteiger partial charge >= 0.3 is 12.6 Å². The van der Waals surface area contributed by atoms with Gasteiger partial charge in [-0.2, -0.15) is 8.78 Å². The Morgan fingerprint density at radius 1 is 1.04 bits per heavy atom. The van der Waals surface area contributed by atoms with Gasteiger partial charge in [-0.15, -0.1) is 0 Å². The fourth-order valence-electron chi connectivity index (χ4n) is 1.96. The van der Waals surface area contributed by atoms with Gasteiger partial charge in [-0.05, 0) is 24.3 Å². The number of rotatable bonds is 7. The molecule has 27 heavy (non-hydrogen) atoms. The summed E-state index contributed by atoms with van der Waals surface area (Å²) in [7, 11) is 0. The zero-order valence-corrected chi connectivity index (χ0v) is 13.6. The highest BCUT2D eigenvalue weighted by Gasteiger charge is 2.13. The van der Waals surface area contributed by atoms with E-state index >= 15 is 0 Å². The lowest BCUT2D eigenvalue weighted by molar-refractivity contribution is -0.142. The van der Waals surface area contributed by atoms with Crippen LogP contribution in [-0.4, -0.2) is 25.1 Å². The zero-order valence-electron chi connectivity index (χ0n) is 13.6. The number of hydrogen-bond donors (Lipinski definition) is 1. The van der Waals surface area contributed by atoms with E-state index in [0.29, 0.717) is 0 Å². The molecule has 9 heteroatoms. The molecule has 0 bridgehead atoms. The number of benzene rings is 2. The van der Waals surface area contributed by atoms with Gasteiger partial charge in [0.15, 0.2) is 6.61 Å². The molecule has 0 atom stereocenters. The highest BCUT2D eigenvalue weighted by Crippen LogP contribution is 2.21. The summed E-state index contributed by atoms with van der Waals surface area (Å²) in [4.78, 5) is 23.2. The van der Waals surface area contributed by atoms with Crippen molar-refractivity contribution in [1.29, 1.82) is 0 Å². The first kappa shape index (κ1) is 20.0. The Bertz CT molecular complexity index is 835. The normalized spacial score (nSPS) is 10.9. The smallest absolute Gasteiger partial charge is 0.387 e. The average molecular weight is 383 g/mol. The van der Waals surface area contributed by atoms with E-state index in [1.54, 1.807) is 6.07 Å². The topological polar surface area (TPSA) is 64.6 Å². The molecule has 0 saturated heterocycles. The predicted molar refractivity (Wildman–Crippen MR) is 88.1 cm³/mol. The van der Waals surface area contributed by atoms with E-state index in [0.717, 1.165) is 30.4 Å². The highest BCUT2D eigenvalue weighted by molar-refractivity contribution is 5.94. The van der Waals surface area contributed by atoms with Crippen molar-refractivity contribution in [3.8, 4) is 5.75 Å². The second-order valence-electron chi connectivity index (χ2n) is 5.00. The molecule has 0 spiro atoms. The molecule has 0 unspecified atom stereocenters. The number of anilines is 1. The number of nitrogens with one attached hydrogen (secondary N) is 1. The Labute approximate surface area is 151 Å². The molecule has 142 valence electrons. The average Bonchev–Trinajstić information content (AvgIpc) is 2.62. The van der Waals surface area contributed by atoms with Crippen molar-refractivity contribution in [2.45, 2.75) is 6.61 Å².